The average Bonchev–Trinajstić information content (AvgIpc) is 0. The van der Waals surface area contributed by atoms with Gasteiger partial charge in [0.1, 0.15) is 0 Å². The normalized spacial score (nSPS) is 0. The largest absolute Gasteiger partial charge is 0.344 e. The van der Waals surface area contributed by atoms with Crippen LogP contribution in [0, 0.1) is 0 Å². The van der Waals surface area contributed by atoms with Crippen molar-refractivity contribution in [2.24, 2.45) is 0 Å². The SMILES string of the molecule is N.[Cr].[Fe].[Mn].[Mo].[Ni]. The molecule has 0 bridgehead atoms. The van der Waals surface area contributed by atoms with Crippen LogP contribution in [0.15, 0.2) is 0 Å². The first kappa shape index (κ1) is 70.4. The van der Waals surface area contributed by atoms with Gasteiger partial charge >= 0.3 is 0 Å². The smallest absolute Gasteiger partial charge is 0 e. The summed E-state index contributed by atoms with van der Waals surface area (Å²) in [6, 6.07) is 0. The van der Waals surface area contributed by atoms with Crippen LogP contribution in [0.3, 0.4) is 0 Å². The van der Waals surface area contributed by atoms with Crippen molar-refractivity contribution in [3.05, 3.63) is 0 Å². The maximum Gasteiger partial charge on any atom is 0 e. The number of rotatable bonds is 0. The van der Waals surface area contributed by atoms with Gasteiger partial charge in [-0.2, -0.15) is 0 Å². The van der Waals surface area contributed by atoms with Gasteiger partial charge in [-0.1, -0.05) is 0 Å². The summed E-state index contributed by atoms with van der Waals surface area (Å²) >= 11 is 0. The second-order valence-electron chi connectivity index (χ2n) is 0. The van der Waals surface area contributed by atoms with Crippen LogP contribution in [-0.4, -0.2) is 0 Å². The van der Waals surface area contributed by atoms with Crippen molar-refractivity contribution in [2.75, 3.05) is 0 Å². The summed E-state index contributed by atoms with van der Waals surface area (Å²) in [6.45, 7) is 0. The molecule has 45 valence electrons. The van der Waals surface area contributed by atoms with Gasteiger partial charge in [0.15, 0.2) is 0 Å². The zero-order valence-corrected chi connectivity index (χ0v) is 9.13. The standard InChI is InChI=1S/Cr.Fe.Mn.Mo.H3N.Ni/h;;;;1H3;. The van der Waals surface area contributed by atoms with Gasteiger partial charge in [-0.25, -0.2) is 0 Å². The Kier molecular flexibility index (Phi) is 554. The molecule has 6 heavy (non-hydrogen) atoms. The van der Waals surface area contributed by atoms with E-state index < -0.39 is 0 Å². The first-order valence-electron chi connectivity index (χ1n) is 0. The van der Waals surface area contributed by atoms with Gasteiger partial charge in [0.25, 0.3) is 0 Å². The first-order valence-corrected chi connectivity index (χ1v) is 0. The van der Waals surface area contributed by atoms with Crippen molar-refractivity contribution < 1.29 is 89.1 Å². The fraction of sp³-hybridized carbons (Fsp3) is 0. The van der Waals surface area contributed by atoms with E-state index in [1.165, 1.54) is 0 Å². The van der Waals surface area contributed by atoms with Crippen LogP contribution in [0.1, 0.15) is 0 Å². The molecule has 0 aromatic carbocycles. The molecular weight excluding hydrogens is 331 g/mol. The predicted molar refractivity (Wildman–Crippen MR) is 5.02 cm³/mol. The van der Waals surface area contributed by atoms with Crippen LogP contribution < -0.4 is 6.15 Å². The molecule has 0 atom stereocenters. The van der Waals surface area contributed by atoms with Crippen LogP contribution >= 0.6 is 0 Å². The van der Waals surface area contributed by atoms with Crippen molar-refractivity contribution in [2.45, 2.75) is 0 Å². The Balaban J connectivity index is 0. The molecule has 0 aliphatic carbocycles. The summed E-state index contributed by atoms with van der Waals surface area (Å²) in [5.41, 5.74) is 0. The van der Waals surface area contributed by atoms with E-state index in [2.05, 4.69) is 0 Å². The fourth-order valence-electron chi connectivity index (χ4n) is 0. The number of hydrogen-bond acceptors (Lipinski definition) is 1. The molecule has 0 fully saturated rings. The van der Waals surface area contributed by atoms with Gasteiger partial charge in [0.2, 0.25) is 0 Å². The molecule has 0 spiro atoms. The maximum absolute atomic E-state index is 0. The molecule has 0 rings (SSSR count). The third-order valence-electron chi connectivity index (χ3n) is 0. The van der Waals surface area contributed by atoms with Crippen LogP contribution in [0.5, 0.6) is 0 Å². The molecule has 0 heterocycles. The monoisotopic (exact) mass is 336 g/mol. The van der Waals surface area contributed by atoms with E-state index in [-0.39, 0.29) is 95.2 Å². The molecule has 3 N–H and O–H groups in total. The summed E-state index contributed by atoms with van der Waals surface area (Å²) in [5.74, 6) is 0. The summed E-state index contributed by atoms with van der Waals surface area (Å²) in [5, 5.41) is 0. The van der Waals surface area contributed by atoms with E-state index in [0.717, 1.165) is 0 Å². The second-order valence-corrected chi connectivity index (χ2v) is 0. The van der Waals surface area contributed by atoms with Crippen LogP contribution in [-0.2, 0) is 89.1 Å². The number of hydrogen-bond donors (Lipinski definition) is 1. The van der Waals surface area contributed by atoms with Gasteiger partial charge in [-0.15, -0.1) is 0 Å². The molecule has 0 aliphatic rings. The Morgan fingerprint density at radius 2 is 1.00 bits per heavy atom. The molecular formula is H3CrFeMnMoNNi. The Labute approximate surface area is 94.0 Å². The molecule has 0 saturated heterocycles. The molecule has 6 heteroatoms. The van der Waals surface area contributed by atoms with Gasteiger partial charge in [-0.3, -0.25) is 0 Å². The van der Waals surface area contributed by atoms with E-state index in [4.69, 9.17) is 0 Å². The molecule has 0 saturated carbocycles. The zero-order valence-electron chi connectivity index (χ0n) is 2.57. The van der Waals surface area contributed by atoms with E-state index in [9.17, 15) is 0 Å². The fourth-order valence-corrected chi connectivity index (χ4v) is 0. The minimum Gasteiger partial charge on any atom is -0.344 e. The van der Waals surface area contributed by atoms with Crippen LogP contribution in [0.25, 0.3) is 0 Å². The van der Waals surface area contributed by atoms with Crippen molar-refractivity contribution in [1.29, 1.82) is 0 Å². The van der Waals surface area contributed by atoms with Gasteiger partial charge in [-0.05, 0) is 0 Å². The minimum absolute atomic E-state index is 0. The first-order chi connectivity index (χ1) is 0. The topological polar surface area (TPSA) is 35.0 Å². The second kappa shape index (κ2) is 47.2. The molecule has 0 aliphatic heterocycles. The molecule has 0 aromatic rings. The van der Waals surface area contributed by atoms with Crippen molar-refractivity contribution in [3.63, 3.8) is 0 Å². The van der Waals surface area contributed by atoms with Crippen molar-refractivity contribution in [1.82, 2.24) is 6.15 Å². The Hall–Kier alpha value is 2.71. The Morgan fingerprint density at radius 3 is 1.00 bits per heavy atom. The maximum atomic E-state index is 0. The average molecular weight is 334 g/mol. The van der Waals surface area contributed by atoms with E-state index in [1.807, 2.05) is 0 Å². The van der Waals surface area contributed by atoms with Gasteiger partial charge in [0.05, 0.1) is 0 Å². The van der Waals surface area contributed by atoms with Crippen molar-refractivity contribution >= 4 is 0 Å². The summed E-state index contributed by atoms with van der Waals surface area (Å²) < 4.78 is 0. The molecule has 0 amide bonds. The zero-order chi connectivity index (χ0) is 0. The summed E-state index contributed by atoms with van der Waals surface area (Å²) in [4.78, 5) is 0. The van der Waals surface area contributed by atoms with Crippen molar-refractivity contribution in [3.8, 4) is 0 Å². The van der Waals surface area contributed by atoms with Crippen LogP contribution in [0.4, 0.5) is 0 Å². The molecule has 0 unspecified atom stereocenters. The van der Waals surface area contributed by atoms with E-state index in [0.29, 0.717) is 0 Å². The van der Waals surface area contributed by atoms with Gasteiger partial charge in [0, 0.05) is 89.1 Å². The Morgan fingerprint density at radius 1 is 1.00 bits per heavy atom. The Bertz CT molecular complexity index is 15.5. The summed E-state index contributed by atoms with van der Waals surface area (Å²) in [6.07, 6.45) is 0. The molecule has 1 radical (unpaired) electrons. The van der Waals surface area contributed by atoms with E-state index in [1.54, 1.807) is 0 Å². The third kappa shape index (κ3) is 29.8. The molecule has 0 aromatic heterocycles. The molecule has 1 nitrogen and oxygen atoms in total. The quantitative estimate of drug-likeness (QED) is 0.629. The van der Waals surface area contributed by atoms with E-state index >= 15 is 0 Å². The minimum atomic E-state index is 0. The van der Waals surface area contributed by atoms with Crippen LogP contribution in [0.2, 0.25) is 0 Å². The van der Waals surface area contributed by atoms with Gasteiger partial charge < -0.3 is 6.15 Å². The summed E-state index contributed by atoms with van der Waals surface area (Å²) in [7, 11) is 0. The predicted octanol–water partition coefficient (Wildman–Crippen LogP) is 0.149. The third-order valence-corrected chi connectivity index (χ3v) is 0.